The van der Waals surface area contributed by atoms with Crippen molar-refractivity contribution in [3.63, 3.8) is 0 Å². The second kappa shape index (κ2) is 11.9. The summed E-state index contributed by atoms with van der Waals surface area (Å²) in [6, 6.07) is 20.6. The van der Waals surface area contributed by atoms with Crippen LogP contribution in [-0.2, 0) is 32.4 Å². The van der Waals surface area contributed by atoms with Crippen molar-refractivity contribution in [1.29, 1.82) is 5.41 Å². The smallest absolute Gasteiger partial charge is 0.412 e. The van der Waals surface area contributed by atoms with E-state index in [-0.39, 0.29) is 23.2 Å². The lowest BCUT2D eigenvalue weighted by Gasteiger charge is -2.30. The van der Waals surface area contributed by atoms with Crippen LogP contribution in [0.3, 0.4) is 0 Å². The highest BCUT2D eigenvalue weighted by Crippen LogP contribution is 2.31. The Labute approximate surface area is 222 Å². The Morgan fingerprint density at radius 2 is 1.76 bits per heavy atom. The zero-order valence-corrected chi connectivity index (χ0v) is 21.9. The molecule has 0 aliphatic carbocycles. The van der Waals surface area contributed by atoms with Crippen LogP contribution in [0.5, 0.6) is 0 Å². The number of aryl methyl sites for hydroxylation is 2. The van der Waals surface area contributed by atoms with Gasteiger partial charge in [-0.3, -0.25) is 20.2 Å². The third kappa shape index (κ3) is 6.57. The van der Waals surface area contributed by atoms with Crippen LogP contribution in [0.1, 0.15) is 36.5 Å². The van der Waals surface area contributed by atoms with Gasteiger partial charge in [0, 0.05) is 29.9 Å². The lowest BCUT2D eigenvalue weighted by Crippen LogP contribution is -2.35. The Hall–Kier alpha value is -4.18. The number of fused-ring (bicyclic) bond motifs is 1. The average molecular weight is 535 g/mol. The Kier molecular flexibility index (Phi) is 8.42. The van der Waals surface area contributed by atoms with Gasteiger partial charge in [-0.05, 0) is 67.6 Å². The Balaban J connectivity index is 1.37. The molecule has 3 aromatic carbocycles. The molecule has 0 radical (unpaired) electrons. The van der Waals surface area contributed by atoms with E-state index in [1.807, 2.05) is 12.1 Å². The van der Waals surface area contributed by atoms with Crippen LogP contribution < -0.4 is 14.9 Å². The number of nitrogens with zero attached hydrogens (tertiary/aromatic N) is 1. The summed E-state index contributed by atoms with van der Waals surface area (Å²) < 4.78 is 32.8. The summed E-state index contributed by atoms with van der Waals surface area (Å²) in [7, 11) is -3.70. The van der Waals surface area contributed by atoms with E-state index in [0.717, 1.165) is 29.7 Å². The summed E-state index contributed by atoms with van der Waals surface area (Å²) in [5.41, 5.74) is 3.67. The average Bonchev–Trinajstić information content (AvgIpc) is 2.92. The van der Waals surface area contributed by atoms with Gasteiger partial charge in [-0.2, -0.15) is 0 Å². The second-order valence-corrected chi connectivity index (χ2v) is 10.5. The highest BCUT2D eigenvalue weighted by molar-refractivity contribution is 7.92. The maximum absolute atomic E-state index is 13.1. The zero-order chi connectivity index (χ0) is 27.1. The highest BCUT2D eigenvalue weighted by atomic mass is 32.2. The van der Waals surface area contributed by atoms with Crippen molar-refractivity contribution in [3.8, 4) is 0 Å². The molecular formula is C28H30N4O5S. The van der Waals surface area contributed by atoms with Gasteiger partial charge in [0.2, 0.25) is 5.91 Å². The molecule has 0 fully saturated rings. The number of benzene rings is 3. The fourth-order valence-corrected chi connectivity index (χ4v) is 5.37. The molecule has 9 nitrogen and oxygen atoms in total. The van der Waals surface area contributed by atoms with Crippen LogP contribution in [0.4, 0.5) is 16.2 Å². The normalized spacial score (nSPS) is 12.8. The van der Waals surface area contributed by atoms with Crippen molar-refractivity contribution >= 4 is 39.2 Å². The summed E-state index contributed by atoms with van der Waals surface area (Å²) in [6.45, 7) is 2.52. The maximum Gasteiger partial charge on any atom is 0.412 e. The first-order valence-electron chi connectivity index (χ1n) is 12.4. The molecule has 0 atom stereocenters. The molecule has 0 bridgehead atoms. The number of carbonyl (C=O) groups is 2. The molecule has 2 amide bonds. The van der Waals surface area contributed by atoms with E-state index in [1.54, 1.807) is 72.5 Å². The minimum Gasteiger partial charge on any atom is -0.450 e. The third-order valence-electron chi connectivity index (χ3n) is 6.18. The van der Waals surface area contributed by atoms with Crippen molar-refractivity contribution in [2.24, 2.45) is 0 Å². The largest absolute Gasteiger partial charge is 0.450 e. The number of ether oxygens (including phenoxy) is 1. The molecule has 3 aromatic rings. The van der Waals surface area contributed by atoms with Gasteiger partial charge in [-0.1, -0.05) is 42.5 Å². The monoisotopic (exact) mass is 534 g/mol. The molecule has 0 saturated carbocycles. The zero-order valence-electron chi connectivity index (χ0n) is 21.1. The fourth-order valence-electron chi connectivity index (χ4n) is 4.30. The van der Waals surface area contributed by atoms with E-state index < -0.39 is 16.1 Å². The molecule has 0 spiro atoms. The lowest BCUT2D eigenvalue weighted by atomic mass is 10.00. The third-order valence-corrected chi connectivity index (χ3v) is 7.57. The summed E-state index contributed by atoms with van der Waals surface area (Å²) in [5.74, 6) is -0.0641. The van der Waals surface area contributed by atoms with Crippen molar-refractivity contribution in [1.82, 2.24) is 5.32 Å². The summed E-state index contributed by atoms with van der Waals surface area (Å²) in [4.78, 5) is 26.6. The van der Waals surface area contributed by atoms with Crippen LogP contribution in [-0.4, -0.2) is 39.4 Å². The van der Waals surface area contributed by atoms with E-state index in [0.29, 0.717) is 30.6 Å². The fraction of sp³-hybridized carbons (Fsp3) is 0.250. The van der Waals surface area contributed by atoms with Crippen molar-refractivity contribution < 1.29 is 22.7 Å². The quantitative estimate of drug-likeness (QED) is 0.290. The summed E-state index contributed by atoms with van der Waals surface area (Å²) in [6.07, 6.45) is 1.71. The van der Waals surface area contributed by atoms with Crippen LogP contribution in [0.25, 0.3) is 0 Å². The first kappa shape index (κ1) is 26.9. The van der Waals surface area contributed by atoms with E-state index in [1.165, 1.54) is 0 Å². The predicted molar refractivity (Wildman–Crippen MR) is 146 cm³/mol. The van der Waals surface area contributed by atoms with Crippen LogP contribution in [0, 0.1) is 5.41 Å². The molecular weight excluding hydrogens is 504 g/mol. The van der Waals surface area contributed by atoms with E-state index in [2.05, 4.69) is 10.0 Å². The molecule has 0 aromatic heterocycles. The van der Waals surface area contributed by atoms with Gasteiger partial charge in [0.1, 0.15) is 5.84 Å². The minimum absolute atomic E-state index is 0.00985. The van der Waals surface area contributed by atoms with Gasteiger partial charge in [0.15, 0.2) is 0 Å². The molecule has 0 unspecified atom stereocenters. The van der Waals surface area contributed by atoms with Crippen LogP contribution >= 0.6 is 0 Å². The van der Waals surface area contributed by atoms with Gasteiger partial charge < -0.3 is 9.64 Å². The molecule has 1 aliphatic heterocycles. The van der Waals surface area contributed by atoms with Crippen molar-refractivity contribution in [3.05, 3.63) is 89.5 Å². The standard InChI is InChI=1S/C28H30N4O5S/c1-2-37-28(34)30-27(29)21-13-10-20(11-14-21)12-17-26(33)32-18-6-7-22-19-23(15-16-25(22)32)31-38(35,36)24-8-4-3-5-9-24/h3-5,8-11,13-16,19,31H,2,6-7,12,17-18H2,1H3,(H2,29,30,34). The molecule has 0 saturated heterocycles. The van der Waals surface area contributed by atoms with Crippen LogP contribution in [0.15, 0.2) is 77.7 Å². The Morgan fingerprint density at radius 1 is 1.03 bits per heavy atom. The molecule has 38 heavy (non-hydrogen) atoms. The predicted octanol–water partition coefficient (Wildman–Crippen LogP) is 4.47. The molecule has 1 heterocycles. The number of sulfonamides is 1. The molecule has 3 N–H and O–H groups in total. The number of rotatable bonds is 8. The van der Waals surface area contributed by atoms with Crippen molar-refractivity contribution in [2.45, 2.75) is 37.5 Å². The number of alkyl carbamates (subject to hydrolysis) is 1. The first-order chi connectivity index (χ1) is 18.3. The lowest BCUT2D eigenvalue weighted by molar-refractivity contribution is -0.118. The van der Waals surface area contributed by atoms with Gasteiger partial charge in [-0.25, -0.2) is 13.2 Å². The van der Waals surface area contributed by atoms with Crippen LogP contribution in [0.2, 0.25) is 0 Å². The summed E-state index contributed by atoms with van der Waals surface area (Å²) >= 11 is 0. The SMILES string of the molecule is CCOC(=O)NC(=N)c1ccc(CCC(=O)N2CCCc3cc(NS(=O)(=O)c4ccccc4)ccc32)cc1. The number of amidine groups is 1. The number of anilines is 2. The maximum atomic E-state index is 13.1. The molecule has 198 valence electrons. The van der Waals surface area contributed by atoms with E-state index >= 15 is 0 Å². The topological polar surface area (TPSA) is 129 Å². The number of amides is 2. The Morgan fingerprint density at radius 3 is 2.47 bits per heavy atom. The van der Waals surface area contributed by atoms with Gasteiger partial charge in [0.05, 0.1) is 11.5 Å². The molecule has 10 heteroatoms. The Bertz CT molecular complexity index is 1420. The second-order valence-electron chi connectivity index (χ2n) is 8.83. The van der Waals surface area contributed by atoms with Gasteiger partial charge in [0.25, 0.3) is 10.0 Å². The summed E-state index contributed by atoms with van der Waals surface area (Å²) in [5, 5.41) is 10.3. The molecule has 1 aliphatic rings. The number of hydrogen-bond donors (Lipinski definition) is 3. The highest BCUT2D eigenvalue weighted by Gasteiger charge is 2.23. The minimum atomic E-state index is -3.70. The number of hydrogen-bond acceptors (Lipinski definition) is 6. The first-order valence-corrected chi connectivity index (χ1v) is 13.9. The number of carbonyl (C=O) groups excluding carboxylic acids is 2. The van der Waals surface area contributed by atoms with Gasteiger partial charge in [-0.15, -0.1) is 0 Å². The molecule has 4 rings (SSSR count). The number of nitrogens with one attached hydrogen (secondary N) is 3. The van der Waals surface area contributed by atoms with Crippen molar-refractivity contribution in [2.75, 3.05) is 22.8 Å². The van der Waals surface area contributed by atoms with E-state index in [4.69, 9.17) is 10.1 Å². The van der Waals surface area contributed by atoms with Gasteiger partial charge >= 0.3 is 6.09 Å². The van der Waals surface area contributed by atoms with E-state index in [9.17, 15) is 18.0 Å².